The fourth-order valence-corrected chi connectivity index (χ4v) is 5.33. The molecule has 0 spiro atoms. The van der Waals surface area contributed by atoms with Gasteiger partial charge in [-0.1, -0.05) is 44.2 Å². The molecule has 1 atom stereocenters. The van der Waals surface area contributed by atoms with E-state index in [1.165, 1.54) is 6.07 Å². The van der Waals surface area contributed by atoms with Gasteiger partial charge >= 0.3 is 0 Å². The molecule has 0 saturated carbocycles. The van der Waals surface area contributed by atoms with E-state index in [9.17, 15) is 15.0 Å². The number of rotatable bonds is 1. The van der Waals surface area contributed by atoms with Crippen LogP contribution < -0.4 is 5.32 Å². The first-order valence-electron chi connectivity index (χ1n) is 10.0. The number of carbonyl (C=O) groups is 1. The van der Waals surface area contributed by atoms with Crippen LogP contribution in [-0.2, 0) is 4.79 Å². The van der Waals surface area contributed by atoms with Crippen LogP contribution in [0.25, 0.3) is 16.3 Å². The van der Waals surface area contributed by atoms with E-state index in [0.717, 1.165) is 45.2 Å². The molecule has 3 N–H and O–H groups in total. The molecule has 0 radical (unpaired) electrons. The van der Waals surface area contributed by atoms with Crippen LogP contribution in [-0.4, -0.2) is 16.0 Å². The van der Waals surface area contributed by atoms with Crippen molar-refractivity contribution in [3.05, 3.63) is 69.7 Å². The summed E-state index contributed by atoms with van der Waals surface area (Å²) in [7, 11) is 0. The zero-order valence-electron chi connectivity index (χ0n) is 16.8. The third kappa shape index (κ3) is 2.91. The van der Waals surface area contributed by atoms with E-state index in [-0.39, 0.29) is 28.7 Å². The van der Waals surface area contributed by atoms with Gasteiger partial charge in [-0.2, -0.15) is 0 Å². The highest BCUT2D eigenvalue weighted by atomic mass is 79.9. The molecule has 2 aliphatic rings. The lowest BCUT2D eigenvalue weighted by atomic mass is 9.68. The second kappa shape index (κ2) is 6.61. The summed E-state index contributed by atoms with van der Waals surface area (Å²) in [6.45, 7) is 4.28. The molecule has 4 nitrogen and oxygen atoms in total. The number of phenolic OH excluding ortho intramolecular Hbond substituents is 2. The normalized spacial score (nSPS) is 20.0. The van der Waals surface area contributed by atoms with Crippen LogP contribution in [0, 0.1) is 5.41 Å². The number of hydrogen-bond acceptors (Lipinski definition) is 4. The topological polar surface area (TPSA) is 69.6 Å². The summed E-state index contributed by atoms with van der Waals surface area (Å²) in [5, 5.41) is 26.0. The molecular weight excluding hydrogens is 442 g/mol. The molecule has 0 fully saturated rings. The number of aromatic hydroxyl groups is 2. The van der Waals surface area contributed by atoms with Gasteiger partial charge in [0.05, 0.1) is 10.5 Å². The molecule has 1 aliphatic carbocycles. The van der Waals surface area contributed by atoms with Crippen molar-refractivity contribution in [2.75, 3.05) is 5.32 Å². The van der Waals surface area contributed by atoms with Gasteiger partial charge in [0, 0.05) is 23.2 Å². The van der Waals surface area contributed by atoms with Crippen LogP contribution in [0.1, 0.15) is 43.9 Å². The van der Waals surface area contributed by atoms with E-state index in [0.29, 0.717) is 10.9 Å². The number of phenols is 2. The Kier molecular flexibility index (Phi) is 4.23. The van der Waals surface area contributed by atoms with Crippen molar-refractivity contribution in [3.8, 4) is 11.5 Å². The molecule has 1 aliphatic heterocycles. The third-order valence-electron chi connectivity index (χ3n) is 6.14. The lowest BCUT2D eigenvalue weighted by Gasteiger charge is -2.40. The number of allylic oxidation sites excluding steroid dienone is 1. The fourth-order valence-electron chi connectivity index (χ4n) is 4.86. The van der Waals surface area contributed by atoms with Crippen molar-refractivity contribution in [1.29, 1.82) is 0 Å². The van der Waals surface area contributed by atoms with Crippen LogP contribution in [0.15, 0.2) is 58.6 Å². The monoisotopic (exact) mass is 463 g/mol. The molecule has 1 heterocycles. The Morgan fingerprint density at radius 1 is 1.07 bits per heavy atom. The van der Waals surface area contributed by atoms with E-state index in [4.69, 9.17) is 0 Å². The number of hydrogen-bond donors (Lipinski definition) is 3. The van der Waals surface area contributed by atoms with Gasteiger partial charge in [0.1, 0.15) is 0 Å². The number of halogens is 1. The van der Waals surface area contributed by atoms with Crippen LogP contribution in [0.5, 0.6) is 11.5 Å². The minimum atomic E-state index is -0.389. The van der Waals surface area contributed by atoms with Gasteiger partial charge in [-0.05, 0) is 67.9 Å². The number of ketones is 1. The Bertz CT molecular complexity index is 1240. The quantitative estimate of drug-likeness (QED) is 0.369. The Morgan fingerprint density at radius 3 is 2.60 bits per heavy atom. The number of Topliss-reactive ketones (excluding diaryl/α,β-unsaturated/α-hetero) is 1. The Labute approximate surface area is 183 Å². The second-order valence-electron chi connectivity index (χ2n) is 8.99. The summed E-state index contributed by atoms with van der Waals surface area (Å²) in [6.07, 6.45) is 1.29. The van der Waals surface area contributed by atoms with Crippen molar-refractivity contribution >= 4 is 43.7 Å². The molecule has 5 rings (SSSR count). The highest BCUT2D eigenvalue weighted by Crippen LogP contribution is 2.52. The van der Waals surface area contributed by atoms with Gasteiger partial charge in [-0.3, -0.25) is 4.79 Å². The van der Waals surface area contributed by atoms with Gasteiger partial charge in [0.2, 0.25) is 0 Å². The highest BCUT2D eigenvalue weighted by molar-refractivity contribution is 9.10. The van der Waals surface area contributed by atoms with E-state index in [2.05, 4.69) is 59.4 Å². The van der Waals surface area contributed by atoms with Crippen molar-refractivity contribution in [1.82, 2.24) is 0 Å². The summed E-state index contributed by atoms with van der Waals surface area (Å²) in [5.74, 6) is -0.288. The lowest BCUT2D eigenvalue weighted by molar-refractivity contribution is -0.118. The second-order valence-corrected chi connectivity index (χ2v) is 9.84. The Balaban J connectivity index is 1.80. The van der Waals surface area contributed by atoms with E-state index >= 15 is 0 Å². The molecule has 0 bridgehead atoms. The molecule has 0 aromatic heterocycles. The highest BCUT2D eigenvalue weighted by Gasteiger charge is 2.41. The zero-order chi connectivity index (χ0) is 21.2. The number of fused-ring (bicyclic) bond motifs is 4. The summed E-state index contributed by atoms with van der Waals surface area (Å²) >= 11 is 3.31. The van der Waals surface area contributed by atoms with Crippen LogP contribution in [0.3, 0.4) is 0 Å². The molecule has 1 unspecified atom stereocenters. The predicted octanol–water partition coefficient (Wildman–Crippen LogP) is 6.32. The summed E-state index contributed by atoms with van der Waals surface area (Å²) in [4.78, 5) is 13.4. The molecular formula is C25H22BrNO3. The Morgan fingerprint density at radius 2 is 1.83 bits per heavy atom. The first-order valence-corrected chi connectivity index (χ1v) is 10.8. The predicted molar refractivity (Wildman–Crippen MR) is 123 cm³/mol. The van der Waals surface area contributed by atoms with E-state index in [1.807, 2.05) is 12.1 Å². The average molecular weight is 464 g/mol. The SMILES string of the molecule is CC1(C)CC(=O)C2=C(C1)c1c(ccc3ccccc13)NC2c1cc(O)c(O)c(Br)c1. The number of nitrogens with one attached hydrogen (secondary N) is 1. The summed E-state index contributed by atoms with van der Waals surface area (Å²) in [6, 6.07) is 15.3. The smallest absolute Gasteiger partial charge is 0.171 e. The number of benzene rings is 3. The van der Waals surface area contributed by atoms with Gasteiger partial charge in [0.25, 0.3) is 0 Å². The molecule has 3 aromatic rings. The molecule has 0 amide bonds. The molecule has 152 valence electrons. The van der Waals surface area contributed by atoms with Gasteiger partial charge < -0.3 is 15.5 Å². The standard InChI is InChI=1S/C25H22BrNO3/c1-25(2)11-16-21-15-6-4-3-5-13(15)7-8-18(21)27-23(22(16)20(29)12-25)14-9-17(26)24(30)19(28)10-14/h3-10,23,27-28,30H,11-12H2,1-2H3. The van der Waals surface area contributed by atoms with Crippen LogP contribution in [0.4, 0.5) is 5.69 Å². The van der Waals surface area contributed by atoms with Gasteiger partial charge in [-0.25, -0.2) is 0 Å². The van der Waals surface area contributed by atoms with Crippen LogP contribution in [0.2, 0.25) is 0 Å². The van der Waals surface area contributed by atoms with Gasteiger partial charge in [-0.15, -0.1) is 0 Å². The molecule has 5 heteroatoms. The maximum absolute atomic E-state index is 13.4. The first-order chi connectivity index (χ1) is 14.2. The van der Waals surface area contributed by atoms with Crippen molar-refractivity contribution < 1.29 is 15.0 Å². The Hall–Kier alpha value is -2.79. The maximum atomic E-state index is 13.4. The first kappa shape index (κ1) is 19.2. The zero-order valence-corrected chi connectivity index (χ0v) is 18.4. The van der Waals surface area contributed by atoms with Crippen molar-refractivity contribution in [3.63, 3.8) is 0 Å². The third-order valence-corrected chi connectivity index (χ3v) is 6.74. The largest absolute Gasteiger partial charge is 0.504 e. The molecule has 0 saturated heterocycles. The maximum Gasteiger partial charge on any atom is 0.171 e. The minimum absolute atomic E-state index is 0.121. The fraction of sp³-hybridized carbons (Fsp3) is 0.240. The summed E-state index contributed by atoms with van der Waals surface area (Å²) < 4.78 is 0.398. The average Bonchev–Trinajstić information content (AvgIpc) is 2.69. The van der Waals surface area contributed by atoms with Gasteiger partial charge in [0.15, 0.2) is 17.3 Å². The number of carbonyl (C=O) groups excluding carboxylic acids is 1. The number of anilines is 1. The minimum Gasteiger partial charge on any atom is -0.504 e. The van der Waals surface area contributed by atoms with Crippen molar-refractivity contribution in [2.24, 2.45) is 5.41 Å². The summed E-state index contributed by atoms with van der Waals surface area (Å²) in [5.41, 5.74) is 4.53. The van der Waals surface area contributed by atoms with Crippen LogP contribution >= 0.6 is 15.9 Å². The molecule has 3 aromatic carbocycles. The lowest BCUT2D eigenvalue weighted by Crippen LogP contribution is -2.33. The van der Waals surface area contributed by atoms with E-state index < -0.39 is 0 Å². The van der Waals surface area contributed by atoms with Crippen molar-refractivity contribution in [2.45, 2.75) is 32.7 Å². The van der Waals surface area contributed by atoms with E-state index in [1.54, 1.807) is 6.07 Å². The molecule has 30 heavy (non-hydrogen) atoms.